The number of nitrogens with zero attached hydrogens (tertiary/aromatic N) is 1. The Labute approximate surface area is 81.2 Å². The molecule has 0 aliphatic rings. The second kappa shape index (κ2) is 2.58. The van der Waals surface area contributed by atoms with Crippen molar-refractivity contribution < 1.29 is 4.42 Å². The second-order valence-electron chi connectivity index (χ2n) is 3.42. The zero-order chi connectivity index (χ0) is 9.54. The molecule has 0 unspecified atom stereocenters. The van der Waals surface area contributed by atoms with Crippen molar-refractivity contribution in [2.24, 2.45) is 0 Å². The van der Waals surface area contributed by atoms with E-state index in [-0.39, 0.29) is 0 Å². The van der Waals surface area contributed by atoms with Gasteiger partial charge in [-0.15, -0.1) is 0 Å². The van der Waals surface area contributed by atoms with E-state index in [0.717, 1.165) is 27.6 Å². The van der Waals surface area contributed by atoms with Crippen molar-refractivity contribution in [2.45, 2.75) is 6.92 Å². The SMILES string of the molecule is Cc1ccc2ccc3occc3c2n1. The highest BCUT2D eigenvalue weighted by Gasteiger charge is 2.03. The van der Waals surface area contributed by atoms with Gasteiger partial charge in [0.1, 0.15) is 5.58 Å². The molecule has 3 rings (SSSR count). The third kappa shape index (κ3) is 0.940. The van der Waals surface area contributed by atoms with Crippen molar-refractivity contribution in [1.29, 1.82) is 0 Å². The molecule has 14 heavy (non-hydrogen) atoms. The average molecular weight is 183 g/mol. The zero-order valence-corrected chi connectivity index (χ0v) is 7.82. The van der Waals surface area contributed by atoms with Crippen LogP contribution < -0.4 is 0 Å². The summed E-state index contributed by atoms with van der Waals surface area (Å²) < 4.78 is 5.33. The van der Waals surface area contributed by atoms with Crippen LogP contribution in [-0.4, -0.2) is 4.98 Å². The molecule has 0 fully saturated rings. The molecule has 2 heterocycles. The lowest BCUT2D eigenvalue weighted by atomic mass is 10.1. The second-order valence-corrected chi connectivity index (χ2v) is 3.42. The molecular formula is C12H9NO. The maximum absolute atomic E-state index is 5.33. The van der Waals surface area contributed by atoms with E-state index in [1.807, 2.05) is 31.2 Å². The van der Waals surface area contributed by atoms with Crippen LogP contribution in [0.2, 0.25) is 0 Å². The minimum absolute atomic E-state index is 0.899. The molecule has 2 aromatic heterocycles. The number of hydrogen-bond acceptors (Lipinski definition) is 2. The van der Waals surface area contributed by atoms with Gasteiger partial charge in [0.15, 0.2) is 0 Å². The van der Waals surface area contributed by atoms with Gasteiger partial charge < -0.3 is 4.42 Å². The quantitative estimate of drug-likeness (QED) is 0.534. The Kier molecular flexibility index (Phi) is 1.39. The number of aromatic nitrogens is 1. The first-order chi connectivity index (χ1) is 6.84. The summed E-state index contributed by atoms with van der Waals surface area (Å²) in [7, 11) is 0. The third-order valence-corrected chi connectivity index (χ3v) is 2.43. The number of rotatable bonds is 0. The molecule has 0 saturated heterocycles. The standard InChI is InChI=1S/C12H9NO/c1-8-2-3-9-4-5-11-10(6-7-14-11)12(9)13-8/h2-7H,1H3. The lowest BCUT2D eigenvalue weighted by molar-refractivity contribution is 0.616. The highest BCUT2D eigenvalue weighted by atomic mass is 16.3. The molecule has 0 spiro atoms. The average Bonchev–Trinajstić information content (AvgIpc) is 2.65. The maximum Gasteiger partial charge on any atom is 0.136 e. The molecule has 0 N–H and O–H groups in total. The van der Waals surface area contributed by atoms with Crippen LogP contribution in [-0.2, 0) is 0 Å². The van der Waals surface area contributed by atoms with Gasteiger partial charge in [0.05, 0.1) is 11.8 Å². The molecule has 2 heteroatoms. The number of furan rings is 1. The summed E-state index contributed by atoms with van der Waals surface area (Å²) in [5.41, 5.74) is 2.96. The predicted octanol–water partition coefficient (Wildman–Crippen LogP) is 3.29. The van der Waals surface area contributed by atoms with Crippen LogP contribution in [0.4, 0.5) is 0 Å². The number of aryl methyl sites for hydroxylation is 1. The summed E-state index contributed by atoms with van der Waals surface area (Å²) in [5.74, 6) is 0. The van der Waals surface area contributed by atoms with Crippen LogP contribution in [0.25, 0.3) is 21.9 Å². The van der Waals surface area contributed by atoms with Crippen molar-refractivity contribution in [3.63, 3.8) is 0 Å². The number of benzene rings is 1. The van der Waals surface area contributed by atoms with Crippen LogP contribution in [0.1, 0.15) is 5.69 Å². The van der Waals surface area contributed by atoms with Gasteiger partial charge in [-0.2, -0.15) is 0 Å². The molecular weight excluding hydrogens is 174 g/mol. The molecule has 0 atom stereocenters. The summed E-state index contributed by atoms with van der Waals surface area (Å²) in [6.45, 7) is 2.00. The van der Waals surface area contributed by atoms with Gasteiger partial charge in [-0.1, -0.05) is 6.07 Å². The smallest absolute Gasteiger partial charge is 0.136 e. The van der Waals surface area contributed by atoms with E-state index in [2.05, 4.69) is 11.1 Å². The molecule has 0 aliphatic heterocycles. The Morgan fingerprint density at radius 1 is 1.07 bits per heavy atom. The monoisotopic (exact) mass is 183 g/mol. The molecule has 2 nitrogen and oxygen atoms in total. The van der Waals surface area contributed by atoms with E-state index >= 15 is 0 Å². The molecule has 0 radical (unpaired) electrons. The van der Waals surface area contributed by atoms with E-state index in [9.17, 15) is 0 Å². The Morgan fingerprint density at radius 2 is 1.93 bits per heavy atom. The van der Waals surface area contributed by atoms with E-state index in [1.165, 1.54) is 0 Å². The Bertz CT molecular complexity index is 610. The van der Waals surface area contributed by atoms with E-state index in [0.29, 0.717) is 0 Å². The Morgan fingerprint density at radius 3 is 2.86 bits per heavy atom. The topological polar surface area (TPSA) is 26.0 Å². The van der Waals surface area contributed by atoms with E-state index in [1.54, 1.807) is 6.26 Å². The molecule has 0 aliphatic carbocycles. The van der Waals surface area contributed by atoms with Crippen LogP contribution in [0.15, 0.2) is 41.0 Å². The van der Waals surface area contributed by atoms with Crippen molar-refractivity contribution in [3.05, 3.63) is 42.3 Å². The van der Waals surface area contributed by atoms with Gasteiger partial charge in [0.25, 0.3) is 0 Å². The van der Waals surface area contributed by atoms with Crippen molar-refractivity contribution in [2.75, 3.05) is 0 Å². The molecule has 0 saturated carbocycles. The first-order valence-corrected chi connectivity index (χ1v) is 4.58. The van der Waals surface area contributed by atoms with Gasteiger partial charge in [0, 0.05) is 16.5 Å². The highest BCUT2D eigenvalue weighted by molar-refractivity contribution is 6.03. The van der Waals surface area contributed by atoms with E-state index < -0.39 is 0 Å². The largest absolute Gasteiger partial charge is 0.464 e. The first kappa shape index (κ1) is 7.56. The van der Waals surface area contributed by atoms with Gasteiger partial charge in [-0.3, -0.25) is 4.98 Å². The molecule has 0 amide bonds. The summed E-state index contributed by atoms with van der Waals surface area (Å²) in [5, 5.41) is 2.25. The van der Waals surface area contributed by atoms with Gasteiger partial charge in [0.2, 0.25) is 0 Å². The molecule has 0 bridgehead atoms. The predicted molar refractivity (Wildman–Crippen MR) is 56.3 cm³/mol. The molecule has 68 valence electrons. The Balaban J connectivity index is 2.60. The van der Waals surface area contributed by atoms with Gasteiger partial charge >= 0.3 is 0 Å². The van der Waals surface area contributed by atoms with Gasteiger partial charge in [-0.05, 0) is 31.2 Å². The summed E-state index contributed by atoms with van der Waals surface area (Å²) in [6, 6.07) is 10.1. The highest BCUT2D eigenvalue weighted by Crippen LogP contribution is 2.24. The van der Waals surface area contributed by atoms with E-state index in [4.69, 9.17) is 4.42 Å². The fourth-order valence-electron chi connectivity index (χ4n) is 1.73. The van der Waals surface area contributed by atoms with Crippen molar-refractivity contribution >= 4 is 21.9 Å². The van der Waals surface area contributed by atoms with Crippen molar-refractivity contribution in [1.82, 2.24) is 4.98 Å². The minimum atomic E-state index is 0.899. The van der Waals surface area contributed by atoms with Crippen molar-refractivity contribution in [3.8, 4) is 0 Å². The zero-order valence-electron chi connectivity index (χ0n) is 7.82. The third-order valence-electron chi connectivity index (χ3n) is 2.43. The summed E-state index contributed by atoms with van der Waals surface area (Å²) in [6.07, 6.45) is 1.70. The van der Waals surface area contributed by atoms with Crippen LogP contribution in [0.3, 0.4) is 0 Å². The van der Waals surface area contributed by atoms with Gasteiger partial charge in [-0.25, -0.2) is 0 Å². The van der Waals surface area contributed by atoms with Crippen LogP contribution in [0.5, 0.6) is 0 Å². The molecule has 1 aromatic carbocycles. The fraction of sp³-hybridized carbons (Fsp3) is 0.0833. The number of fused-ring (bicyclic) bond motifs is 3. The maximum atomic E-state index is 5.33. The number of hydrogen-bond donors (Lipinski definition) is 0. The minimum Gasteiger partial charge on any atom is -0.464 e. The van der Waals surface area contributed by atoms with Crippen LogP contribution >= 0.6 is 0 Å². The first-order valence-electron chi connectivity index (χ1n) is 4.58. The summed E-state index contributed by atoms with van der Waals surface area (Å²) >= 11 is 0. The molecule has 3 aromatic rings. The lowest BCUT2D eigenvalue weighted by Crippen LogP contribution is -1.82. The normalized spacial score (nSPS) is 11.2. The summed E-state index contributed by atoms with van der Waals surface area (Å²) in [4.78, 5) is 4.52. The van der Waals surface area contributed by atoms with Crippen LogP contribution in [0, 0.1) is 6.92 Å². The lowest BCUT2D eigenvalue weighted by Gasteiger charge is -1.99. The fourth-order valence-corrected chi connectivity index (χ4v) is 1.73. The number of pyridine rings is 1. The Hall–Kier alpha value is -1.83.